The van der Waals surface area contributed by atoms with Crippen LogP contribution in [0.1, 0.15) is 67.9 Å². The van der Waals surface area contributed by atoms with Crippen LogP contribution in [0.4, 0.5) is 5.69 Å². The summed E-state index contributed by atoms with van der Waals surface area (Å²) in [6.07, 6.45) is 4.87. The first-order chi connectivity index (χ1) is 15.0. The van der Waals surface area contributed by atoms with Crippen LogP contribution in [-0.2, 0) is 14.3 Å². The topological polar surface area (TPSA) is 66.9 Å². The molecule has 1 aliphatic heterocycles. The van der Waals surface area contributed by atoms with Gasteiger partial charge < -0.3 is 9.64 Å². The lowest BCUT2D eigenvalue weighted by Crippen LogP contribution is -2.48. The van der Waals surface area contributed by atoms with Gasteiger partial charge in [0.05, 0.1) is 17.7 Å². The molecule has 7 heteroatoms. The summed E-state index contributed by atoms with van der Waals surface area (Å²) in [5.74, 6) is 5.36. The summed E-state index contributed by atoms with van der Waals surface area (Å²) >= 11 is 1.21. The van der Waals surface area contributed by atoms with Crippen molar-refractivity contribution in [3.8, 4) is 11.8 Å². The van der Waals surface area contributed by atoms with Gasteiger partial charge in [-0.05, 0) is 59.4 Å². The number of likely N-dealkylation sites (N-methyl/N-ethyl adjacent to an activating group) is 1. The molecular weight excluding hydrogens is 424 g/mol. The Hall–Kier alpha value is -2.59. The van der Waals surface area contributed by atoms with E-state index < -0.39 is 12.0 Å². The molecule has 0 bridgehead atoms. The summed E-state index contributed by atoms with van der Waals surface area (Å²) in [5.41, 5.74) is 1.51. The van der Waals surface area contributed by atoms with E-state index in [1.54, 1.807) is 22.9 Å². The molecule has 1 saturated heterocycles. The number of hydrogen-bond acceptors (Lipinski definition) is 5. The van der Waals surface area contributed by atoms with Crippen molar-refractivity contribution in [3.63, 3.8) is 0 Å². The average molecular weight is 457 g/mol. The van der Waals surface area contributed by atoms with Gasteiger partial charge in [-0.1, -0.05) is 23.5 Å². The van der Waals surface area contributed by atoms with E-state index in [2.05, 4.69) is 24.8 Å². The number of likely N-dealkylation sites (tertiary alicyclic amines) is 1. The quantitative estimate of drug-likeness (QED) is 0.386. The zero-order valence-corrected chi connectivity index (χ0v) is 20.6. The summed E-state index contributed by atoms with van der Waals surface area (Å²) in [6.45, 7) is 8.68. The highest BCUT2D eigenvalue weighted by Crippen LogP contribution is 2.37. The van der Waals surface area contributed by atoms with Crippen molar-refractivity contribution >= 4 is 34.8 Å². The lowest BCUT2D eigenvalue weighted by molar-refractivity contribution is -0.131. The van der Waals surface area contributed by atoms with Gasteiger partial charge in [0.2, 0.25) is 11.8 Å². The largest absolute Gasteiger partial charge is 0.465 e. The number of nitrogens with zero attached hydrogens (tertiary/aromatic N) is 2. The van der Waals surface area contributed by atoms with E-state index in [9.17, 15) is 14.4 Å². The molecule has 2 heterocycles. The monoisotopic (exact) mass is 456 g/mol. The molecule has 0 spiro atoms. The summed E-state index contributed by atoms with van der Waals surface area (Å²) in [7, 11) is 3.06. The number of carbonyl (C=O) groups is 3. The summed E-state index contributed by atoms with van der Waals surface area (Å²) < 4.78 is 5.02. The van der Waals surface area contributed by atoms with E-state index in [-0.39, 0.29) is 23.1 Å². The third-order valence-corrected chi connectivity index (χ3v) is 6.86. The van der Waals surface area contributed by atoms with Crippen LogP contribution in [0.3, 0.4) is 0 Å². The van der Waals surface area contributed by atoms with Crippen LogP contribution in [0.25, 0.3) is 0 Å². The van der Waals surface area contributed by atoms with Gasteiger partial charge in [-0.2, -0.15) is 0 Å². The third kappa shape index (κ3) is 5.24. The maximum absolute atomic E-state index is 13.8. The number of esters is 1. The van der Waals surface area contributed by atoms with Gasteiger partial charge in [0.15, 0.2) is 0 Å². The first-order valence-corrected chi connectivity index (χ1v) is 11.8. The Morgan fingerprint density at radius 1 is 1.28 bits per heavy atom. The minimum Gasteiger partial charge on any atom is -0.465 e. The Balaban J connectivity index is 2.09. The summed E-state index contributed by atoms with van der Waals surface area (Å²) in [6, 6.07) is 1.14. The van der Waals surface area contributed by atoms with Crippen molar-refractivity contribution in [2.24, 2.45) is 11.3 Å². The molecule has 32 heavy (non-hydrogen) atoms. The lowest BCUT2D eigenvalue weighted by Gasteiger charge is -2.32. The maximum Gasteiger partial charge on any atom is 0.350 e. The van der Waals surface area contributed by atoms with Crippen LogP contribution in [0.2, 0.25) is 0 Å². The fourth-order valence-corrected chi connectivity index (χ4v) is 4.90. The molecule has 2 atom stereocenters. The SMILES string of the molecule is COC(=O)c1sc(C#CC(C)(C)C)cc1N(C(=O)[C@@H]1CC=C(C)CC1)[C@H]1CCN(C)C1=O. The van der Waals surface area contributed by atoms with Crippen molar-refractivity contribution < 1.29 is 19.1 Å². The van der Waals surface area contributed by atoms with E-state index in [1.807, 2.05) is 20.8 Å². The van der Waals surface area contributed by atoms with E-state index in [1.165, 1.54) is 24.0 Å². The number of rotatable bonds is 4. The van der Waals surface area contributed by atoms with Gasteiger partial charge in [-0.25, -0.2) is 4.79 Å². The Morgan fingerprint density at radius 3 is 2.53 bits per heavy atom. The second-order valence-electron chi connectivity index (χ2n) is 9.61. The zero-order chi connectivity index (χ0) is 23.6. The van der Waals surface area contributed by atoms with Crippen LogP contribution in [0.5, 0.6) is 0 Å². The molecule has 0 aromatic carbocycles. The normalized spacial score (nSPS) is 21.0. The van der Waals surface area contributed by atoms with Crippen molar-refractivity contribution in [3.05, 3.63) is 27.5 Å². The lowest BCUT2D eigenvalue weighted by atomic mass is 9.88. The second kappa shape index (κ2) is 9.50. The highest BCUT2D eigenvalue weighted by molar-refractivity contribution is 7.15. The number of ether oxygens (including phenoxy) is 1. The molecule has 172 valence electrons. The Morgan fingerprint density at radius 2 is 2.00 bits per heavy atom. The van der Waals surface area contributed by atoms with Gasteiger partial charge in [0.1, 0.15) is 10.9 Å². The number of allylic oxidation sites excluding steroid dienone is 2. The Bertz CT molecular complexity index is 1010. The smallest absolute Gasteiger partial charge is 0.350 e. The highest BCUT2D eigenvalue weighted by Gasteiger charge is 2.41. The van der Waals surface area contributed by atoms with Crippen molar-refractivity contribution in [1.29, 1.82) is 0 Å². The molecule has 0 N–H and O–H groups in total. The third-order valence-electron chi connectivity index (χ3n) is 5.84. The standard InChI is InChI=1S/C25H32N2O4S/c1-16-7-9-17(10-8-16)22(28)27(19-12-14-26(5)23(19)29)20-15-18(11-13-25(2,3)4)32-21(20)24(30)31-6/h7,15,17,19H,8-10,12,14H2,1-6H3/t17-,19+/m1/s1. The van der Waals surface area contributed by atoms with Crippen LogP contribution < -0.4 is 4.90 Å². The van der Waals surface area contributed by atoms with Crippen LogP contribution in [-0.4, -0.2) is 49.4 Å². The molecule has 2 amide bonds. The molecule has 0 saturated carbocycles. The predicted molar refractivity (Wildman–Crippen MR) is 127 cm³/mol. The first kappa shape index (κ1) is 24.1. The molecular formula is C25H32N2O4S. The van der Waals surface area contributed by atoms with Crippen molar-refractivity contribution in [2.45, 2.75) is 59.4 Å². The van der Waals surface area contributed by atoms with Crippen LogP contribution >= 0.6 is 11.3 Å². The van der Waals surface area contributed by atoms with Gasteiger partial charge in [-0.15, -0.1) is 11.3 Å². The molecule has 0 radical (unpaired) electrons. The van der Waals surface area contributed by atoms with Crippen LogP contribution in [0, 0.1) is 23.2 Å². The van der Waals surface area contributed by atoms with E-state index in [0.717, 1.165) is 12.8 Å². The summed E-state index contributed by atoms with van der Waals surface area (Å²) in [4.78, 5) is 43.6. The summed E-state index contributed by atoms with van der Waals surface area (Å²) in [5, 5.41) is 0. The number of hydrogen-bond donors (Lipinski definition) is 0. The molecule has 0 unspecified atom stereocenters. The minimum atomic E-state index is -0.624. The molecule has 1 aromatic heterocycles. The number of methoxy groups -OCH3 is 1. The Labute approximate surface area is 194 Å². The van der Waals surface area contributed by atoms with Crippen molar-refractivity contribution in [2.75, 3.05) is 25.6 Å². The Kier molecular flexibility index (Phi) is 7.14. The van der Waals surface area contributed by atoms with Crippen molar-refractivity contribution in [1.82, 2.24) is 4.90 Å². The minimum absolute atomic E-state index is 0.106. The molecule has 1 aliphatic carbocycles. The van der Waals surface area contributed by atoms with E-state index in [0.29, 0.717) is 34.8 Å². The number of anilines is 1. The second-order valence-corrected chi connectivity index (χ2v) is 10.7. The number of thiophene rings is 1. The van der Waals surface area contributed by atoms with E-state index >= 15 is 0 Å². The van der Waals surface area contributed by atoms with E-state index in [4.69, 9.17) is 4.74 Å². The fourth-order valence-electron chi connectivity index (χ4n) is 3.98. The van der Waals surface area contributed by atoms with Gasteiger partial charge in [0, 0.05) is 24.9 Å². The zero-order valence-electron chi connectivity index (χ0n) is 19.8. The average Bonchev–Trinajstić information content (AvgIpc) is 3.31. The molecule has 6 nitrogen and oxygen atoms in total. The fraction of sp³-hybridized carbons (Fsp3) is 0.560. The first-order valence-electron chi connectivity index (χ1n) is 11.0. The number of amides is 2. The maximum atomic E-state index is 13.8. The molecule has 3 rings (SSSR count). The van der Waals surface area contributed by atoms with Gasteiger partial charge in [-0.3, -0.25) is 14.5 Å². The van der Waals surface area contributed by atoms with Crippen LogP contribution in [0.15, 0.2) is 17.7 Å². The van der Waals surface area contributed by atoms with Gasteiger partial charge in [0.25, 0.3) is 0 Å². The molecule has 1 aromatic rings. The molecule has 1 fully saturated rings. The molecule has 2 aliphatic rings. The highest BCUT2D eigenvalue weighted by atomic mass is 32.1. The predicted octanol–water partition coefficient (Wildman–Crippen LogP) is 4.24. The number of carbonyl (C=O) groups excluding carboxylic acids is 3. The van der Waals surface area contributed by atoms with Gasteiger partial charge >= 0.3 is 5.97 Å².